The van der Waals surface area contributed by atoms with Crippen molar-refractivity contribution >= 4 is 23.2 Å². The van der Waals surface area contributed by atoms with E-state index in [1.807, 2.05) is 25.1 Å². The van der Waals surface area contributed by atoms with Crippen molar-refractivity contribution in [2.45, 2.75) is 32.8 Å². The van der Waals surface area contributed by atoms with Gasteiger partial charge in [0, 0.05) is 19.7 Å². The molecule has 1 aliphatic carbocycles. The van der Waals surface area contributed by atoms with Crippen molar-refractivity contribution in [3.8, 4) is 5.75 Å². The summed E-state index contributed by atoms with van der Waals surface area (Å²) in [5, 5.41) is 14.0. The first kappa shape index (κ1) is 23.3. The highest BCUT2D eigenvalue weighted by atomic mass is 16.5. The number of hydrogen-bond acceptors (Lipinski definition) is 5. The van der Waals surface area contributed by atoms with Gasteiger partial charge in [-0.05, 0) is 67.1 Å². The van der Waals surface area contributed by atoms with Crippen molar-refractivity contribution in [1.82, 2.24) is 19.6 Å². The molecule has 2 aromatic heterocycles. The topological polar surface area (TPSA) is 103 Å². The summed E-state index contributed by atoms with van der Waals surface area (Å²) in [5.41, 5.74) is 6.06. The molecule has 2 amide bonds. The molecule has 2 aromatic carbocycles. The van der Waals surface area contributed by atoms with Gasteiger partial charge in [-0.1, -0.05) is 18.2 Å². The van der Waals surface area contributed by atoms with Gasteiger partial charge in [0.2, 0.25) is 0 Å². The van der Waals surface area contributed by atoms with E-state index in [1.165, 1.54) is 28.4 Å². The van der Waals surface area contributed by atoms with Crippen molar-refractivity contribution in [1.29, 1.82) is 0 Å². The number of aromatic nitrogens is 4. The Balaban J connectivity index is 1.26. The Morgan fingerprint density at radius 1 is 0.917 bits per heavy atom. The highest BCUT2D eigenvalue weighted by Crippen LogP contribution is 2.26. The van der Waals surface area contributed by atoms with Crippen LogP contribution in [-0.2, 0) is 33.5 Å². The van der Waals surface area contributed by atoms with E-state index in [1.54, 1.807) is 37.1 Å². The summed E-state index contributed by atoms with van der Waals surface area (Å²) < 4.78 is 9.08. The molecule has 36 heavy (non-hydrogen) atoms. The largest absolute Gasteiger partial charge is 0.489 e. The van der Waals surface area contributed by atoms with Gasteiger partial charge in [0.05, 0.1) is 29.5 Å². The van der Waals surface area contributed by atoms with E-state index in [9.17, 15) is 9.59 Å². The number of amides is 2. The molecule has 0 unspecified atom stereocenters. The Hall–Kier alpha value is -4.40. The number of fused-ring (bicyclic) bond motifs is 1. The van der Waals surface area contributed by atoms with Gasteiger partial charge in [0.1, 0.15) is 18.1 Å². The van der Waals surface area contributed by atoms with Crippen molar-refractivity contribution < 1.29 is 14.3 Å². The number of carbonyl (C=O) groups is 2. The van der Waals surface area contributed by atoms with Gasteiger partial charge in [0.15, 0.2) is 0 Å². The zero-order valence-electron chi connectivity index (χ0n) is 20.5. The van der Waals surface area contributed by atoms with Crippen LogP contribution in [0.2, 0.25) is 0 Å². The van der Waals surface area contributed by atoms with E-state index < -0.39 is 5.91 Å². The van der Waals surface area contributed by atoms with Crippen molar-refractivity contribution in [3.05, 3.63) is 88.5 Å². The number of nitrogens with zero attached hydrogens (tertiary/aromatic N) is 4. The van der Waals surface area contributed by atoms with E-state index in [-0.39, 0.29) is 11.6 Å². The van der Waals surface area contributed by atoms with E-state index in [4.69, 9.17) is 4.74 Å². The molecular weight excluding hydrogens is 456 g/mol. The Labute approximate surface area is 209 Å². The van der Waals surface area contributed by atoms with Crippen LogP contribution in [-0.4, -0.2) is 31.4 Å². The van der Waals surface area contributed by atoms with Gasteiger partial charge in [-0.2, -0.15) is 10.2 Å². The first-order chi connectivity index (χ1) is 17.4. The van der Waals surface area contributed by atoms with Crippen LogP contribution >= 0.6 is 0 Å². The van der Waals surface area contributed by atoms with Crippen molar-refractivity contribution in [3.63, 3.8) is 0 Å². The number of carbonyl (C=O) groups excluding carboxylic acids is 2. The summed E-state index contributed by atoms with van der Waals surface area (Å²) in [6, 6.07) is 13.5. The molecule has 0 bridgehead atoms. The number of benzene rings is 2. The van der Waals surface area contributed by atoms with Crippen LogP contribution in [0.4, 0.5) is 11.4 Å². The van der Waals surface area contributed by atoms with Gasteiger partial charge in [-0.3, -0.25) is 19.0 Å². The maximum absolute atomic E-state index is 13.0. The predicted molar refractivity (Wildman–Crippen MR) is 136 cm³/mol. The number of ether oxygens (including phenoxy) is 1. The minimum absolute atomic E-state index is 0.239. The minimum atomic E-state index is -0.391. The van der Waals surface area contributed by atoms with Gasteiger partial charge < -0.3 is 15.4 Å². The summed E-state index contributed by atoms with van der Waals surface area (Å²) in [6.07, 6.45) is 6.47. The standard InChI is InChI=1S/C27H28N6O3/c1-17-23(14-28-32(17)2)30-27(35)25-24(15-29-33(25)3)31-26(34)21-9-4-6-18(12-21)16-36-22-11-10-19-7-5-8-20(19)13-22/h4,6,9-15H,5,7-8,16H2,1-3H3,(H,30,35)(H,31,34). The average molecular weight is 485 g/mol. The Morgan fingerprint density at radius 3 is 2.47 bits per heavy atom. The average Bonchev–Trinajstić information content (AvgIpc) is 3.58. The number of rotatable bonds is 7. The summed E-state index contributed by atoms with van der Waals surface area (Å²) >= 11 is 0. The predicted octanol–water partition coefficient (Wildman–Crippen LogP) is 4.03. The zero-order chi connectivity index (χ0) is 25.2. The SMILES string of the molecule is Cc1c(NC(=O)c2c(NC(=O)c3cccc(COc4ccc5c(c4)CCC5)c3)cnn2C)cnn1C. The molecule has 9 heteroatoms. The minimum Gasteiger partial charge on any atom is -0.489 e. The summed E-state index contributed by atoms with van der Waals surface area (Å²) in [5.74, 6) is 0.104. The number of aryl methyl sites for hydroxylation is 4. The highest BCUT2D eigenvalue weighted by Gasteiger charge is 2.21. The van der Waals surface area contributed by atoms with Crippen molar-refractivity contribution in [2.24, 2.45) is 14.1 Å². The van der Waals surface area contributed by atoms with E-state index in [0.29, 0.717) is 23.5 Å². The smallest absolute Gasteiger partial charge is 0.276 e. The Bertz CT molecular complexity index is 1450. The van der Waals surface area contributed by atoms with Crippen molar-refractivity contribution in [2.75, 3.05) is 10.6 Å². The van der Waals surface area contributed by atoms with Crippen LogP contribution in [0, 0.1) is 6.92 Å². The van der Waals surface area contributed by atoms with E-state index in [0.717, 1.165) is 29.8 Å². The lowest BCUT2D eigenvalue weighted by Crippen LogP contribution is -2.20. The fourth-order valence-corrected chi connectivity index (χ4v) is 4.40. The third kappa shape index (κ3) is 4.72. The summed E-state index contributed by atoms with van der Waals surface area (Å²) in [7, 11) is 3.45. The molecule has 0 fully saturated rings. The monoisotopic (exact) mass is 484 g/mol. The number of hydrogen-bond donors (Lipinski definition) is 2. The maximum atomic E-state index is 13.0. The third-order valence-electron chi connectivity index (χ3n) is 6.55. The van der Waals surface area contributed by atoms with E-state index in [2.05, 4.69) is 33.0 Å². The quantitative estimate of drug-likeness (QED) is 0.412. The fraction of sp³-hybridized carbons (Fsp3) is 0.259. The zero-order valence-corrected chi connectivity index (χ0v) is 20.5. The molecule has 4 aromatic rings. The normalized spacial score (nSPS) is 12.3. The molecule has 0 radical (unpaired) electrons. The molecular formula is C27H28N6O3. The molecule has 0 spiro atoms. The molecule has 0 saturated heterocycles. The first-order valence-corrected chi connectivity index (χ1v) is 11.9. The number of nitrogens with one attached hydrogen (secondary N) is 2. The fourth-order valence-electron chi connectivity index (χ4n) is 4.40. The van der Waals surface area contributed by atoms with Crippen LogP contribution in [0.15, 0.2) is 54.9 Å². The second-order valence-corrected chi connectivity index (χ2v) is 8.98. The van der Waals surface area contributed by atoms with Gasteiger partial charge in [-0.25, -0.2) is 0 Å². The van der Waals surface area contributed by atoms with Gasteiger partial charge >= 0.3 is 0 Å². The summed E-state index contributed by atoms with van der Waals surface area (Å²) in [6.45, 7) is 2.21. The van der Waals surface area contributed by atoms with Gasteiger partial charge in [-0.15, -0.1) is 0 Å². The Morgan fingerprint density at radius 2 is 1.67 bits per heavy atom. The molecule has 2 N–H and O–H groups in total. The third-order valence-corrected chi connectivity index (χ3v) is 6.55. The number of anilines is 2. The molecule has 0 atom stereocenters. The second-order valence-electron chi connectivity index (χ2n) is 8.98. The Kier molecular flexibility index (Phi) is 6.28. The van der Waals surface area contributed by atoms with E-state index >= 15 is 0 Å². The first-order valence-electron chi connectivity index (χ1n) is 11.9. The molecule has 0 saturated carbocycles. The molecule has 184 valence electrons. The molecule has 1 aliphatic rings. The van der Waals surface area contributed by atoms with Crippen LogP contribution < -0.4 is 15.4 Å². The van der Waals surface area contributed by atoms with Crippen LogP contribution in [0.3, 0.4) is 0 Å². The summed E-state index contributed by atoms with van der Waals surface area (Å²) in [4.78, 5) is 26.0. The van der Waals surface area contributed by atoms with Crippen LogP contribution in [0.25, 0.3) is 0 Å². The highest BCUT2D eigenvalue weighted by molar-refractivity contribution is 6.11. The lowest BCUT2D eigenvalue weighted by Gasteiger charge is -2.11. The molecule has 9 nitrogen and oxygen atoms in total. The maximum Gasteiger partial charge on any atom is 0.276 e. The van der Waals surface area contributed by atoms with Crippen LogP contribution in [0.5, 0.6) is 5.75 Å². The molecule has 2 heterocycles. The lowest BCUT2D eigenvalue weighted by molar-refractivity contribution is 0.101. The lowest BCUT2D eigenvalue weighted by atomic mass is 10.1. The molecule has 5 rings (SSSR count). The molecule has 0 aliphatic heterocycles. The van der Waals surface area contributed by atoms with Crippen LogP contribution in [0.1, 0.15) is 49.7 Å². The van der Waals surface area contributed by atoms with Gasteiger partial charge in [0.25, 0.3) is 11.8 Å². The second kappa shape index (κ2) is 9.69.